The highest BCUT2D eigenvalue weighted by atomic mass is 32.1. The molecule has 0 unspecified atom stereocenters. The average Bonchev–Trinajstić information content (AvgIpc) is 3.16. The Morgan fingerprint density at radius 2 is 1.86 bits per heavy atom. The minimum Gasteiger partial charge on any atom is -0.464 e. The lowest BCUT2D eigenvalue weighted by Gasteiger charge is -2.35. The summed E-state index contributed by atoms with van der Waals surface area (Å²) in [6.07, 6.45) is 4.03. The maximum Gasteiger partial charge on any atom is 0.331 e. The number of anilines is 1. The van der Waals surface area contributed by atoms with Crippen molar-refractivity contribution >= 4 is 34.3 Å². The van der Waals surface area contributed by atoms with E-state index in [1.807, 2.05) is 6.07 Å². The number of carbonyl (C=O) groups is 3. The summed E-state index contributed by atoms with van der Waals surface area (Å²) in [6.45, 7) is 2.05. The van der Waals surface area contributed by atoms with Gasteiger partial charge in [-0.05, 0) is 31.9 Å². The van der Waals surface area contributed by atoms with Crippen LogP contribution in [0.5, 0.6) is 0 Å². The van der Waals surface area contributed by atoms with Gasteiger partial charge >= 0.3 is 5.97 Å². The summed E-state index contributed by atoms with van der Waals surface area (Å²) < 4.78 is 5.21. The number of aromatic nitrogens is 1. The molecule has 0 saturated heterocycles. The van der Waals surface area contributed by atoms with Crippen LogP contribution in [0.4, 0.5) is 5.13 Å². The quantitative estimate of drug-likeness (QED) is 0.676. The van der Waals surface area contributed by atoms with E-state index in [2.05, 4.69) is 15.6 Å². The highest BCUT2D eigenvalue weighted by molar-refractivity contribution is 7.14. The molecule has 2 amide bonds. The van der Waals surface area contributed by atoms with Crippen LogP contribution in [0.25, 0.3) is 0 Å². The van der Waals surface area contributed by atoms with Crippen molar-refractivity contribution in [1.82, 2.24) is 10.3 Å². The van der Waals surface area contributed by atoms with E-state index < -0.39 is 5.54 Å². The molecule has 3 rings (SSSR count). The average molecular weight is 416 g/mol. The van der Waals surface area contributed by atoms with Gasteiger partial charge in [-0.1, -0.05) is 37.5 Å². The summed E-state index contributed by atoms with van der Waals surface area (Å²) in [4.78, 5) is 41.6. The molecule has 0 spiro atoms. The number of nitrogens with zero attached hydrogens (tertiary/aromatic N) is 1. The number of benzene rings is 1. The van der Waals surface area contributed by atoms with Crippen molar-refractivity contribution < 1.29 is 19.1 Å². The molecule has 1 heterocycles. The van der Waals surface area contributed by atoms with Gasteiger partial charge in [0.1, 0.15) is 5.54 Å². The molecule has 1 aromatic carbocycles. The van der Waals surface area contributed by atoms with Crippen LogP contribution in [0.2, 0.25) is 0 Å². The number of hydrogen-bond acceptors (Lipinski definition) is 6. The molecule has 1 fully saturated rings. The van der Waals surface area contributed by atoms with Crippen molar-refractivity contribution in [3.05, 3.63) is 47.0 Å². The summed E-state index contributed by atoms with van der Waals surface area (Å²) in [5.74, 6) is -0.882. The third-order valence-electron chi connectivity index (χ3n) is 4.90. The van der Waals surface area contributed by atoms with Gasteiger partial charge in [0.05, 0.1) is 18.7 Å². The zero-order chi connectivity index (χ0) is 20.7. The number of esters is 1. The lowest BCUT2D eigenvalue weighted by Crippen LogP contribution is -2.56. The zero-order valence-corrected chi connectivity index (χ0v) is 17.2. The molecule has 1 aromatic heterocycles. The predicted molar refractivity (Wildman–Crippen MR) is 111 cm³/mol. The Labute approximate surface area is 173 Å². The summed E-state index contributed by atoms with van der Waals surface area (Å²) in [5.41, 5.74) is 0.146. The molecule has 0 aliphatic heterocycles. The van der Waals surface area contributed by atoms with E-state index in [9.17, 15) is 14.4 Å². The molecule has 2 aromatic rings. The second-order valence-electron chi connectivity index (χ2n) is 7.05. The molecule has 1 saturated carbocycles. The maximum absolute atomic E-state index is 12.6. The van der Waals surface area contributed by atoms with Gasteiger partial charge in [-0.3, -0.25) is 14.9 Å². The number of hydrogen-bond donors (Lipinski definition) is 2. The standard InChI is InChI=1S/C21H25N3O4S/c1-2-28-19(27)21(11-7-4-8-12-21)24-17(25)13-16-14-29-20(22-16)23-18(26)15-9-5-3-6-10-15/h3,5-6,9-10,14H,2,4,7-8,11-13H2,1H3,(H,24,25)(H,22,23,26). The smallest absolute Gasteiger partial charge is 0.331 e. The molecule has 29 heavy (non-hydrogen) atoms. The Balaban J connectivity index is 1.60. The zero-order valence-electron chi connectivity index (χ0n) is 16.4. The molecule has 0 atom stereocenters. The summed E-state index contributed by atoms with van der Waals surface area (Å²) >= 11 is 1.26. The first kappa shape index (κ1) is 21.0. The first-order chi connectivity index (χ1) is 14.0. The molecule has 7 nitrogen and oxygen atoms in total. The van der Waals surface area contributed by atoms with E-state index in [4.69, 9.17) is 4.74 Å². The molecule has 154 valence electrons. The van der Waals surface area contributed by atoms with E-state index in [0.29, 0.717) is 29.2 Å². The second-order valence-corrected chi connectivity index (χ2v) is 7.91. The molecule has 0 radical (unpaired) electrons. The summed E-state index contributed by atoms with van der Waals surface area (Å²) in [7, 11) is 0. The Kier molecular flexibility index (Phi) is 6.98. The van der Waals surface area contributed by atoms with E-state index in [0.717, 1.165) is 19.3 Å². The number of ether oxygens (including phenoxy) is 1. The second kappa shape index (κ2) is 9.65. The van der Waals surface area contributed by atoms with Crippen LogP contribution in [-0.2, 0) is 20.7 Å². The van der Waals surface area contributed by atoms with Gasteiger partial charge in [-0.2, -0.15) is 0 Å². The fourth-order valence-corrected chi connectivity index (χ4v) is 4.19. The lowest BCUT2D eigenvalue weighted by atomic mass is 9.81. The minimum absolute atomic E-state index is 0.0405. The van der Waals surface area contributed by atoms with Crippen LogP contribution in [0, 0.1) is 0 Å². The first-order valence-corrected chi connectivity index (χ1v) is 10.7. The highest BCUT2D eigenvalue weighted by Crippen LogP contribution is 2.30. The summed E-state index contributed by atoms with van der Waals surface area (Å²) in [6, 6.07) is 8.85. The van der Waals surface area contributed by atoms with Crippen LogP contribution in [0.3, 0.4) is 0 Å². The van der Waals surface area contributed by atoms with E-state index in [-0.39, 0.29) is 30.8 Å². The van der Waals surface area contributed by atoms with E-state index in [1.54, 1.807) is 36.6 Å². The van der Waals surface area contributed by atoms with Gasteiger partial charge in [0, 0.05) is 10.9 Å². The van der Waals surface area contributed by atoms with Crippen LogP contribution in [-0.4, -0.2) is 34.9 Å². The van der Waals surface area contributed by atoms with Crippen molar-refractivity contribution in [2.75, 3.05) is 11.9 Å². The van der Waals surface area contributed by atoms with Gasteiger partial charge in [0.2, 0.25) is 5.91 Å². The normalized spacial score (nSPS) is 15.3. The van der Waals surface area contributed by atoms with Crippen LogP contribution in [0.15, 0.2) is 35.7 Å². The lowest BCUT2D eigenvalue weighted by molar-refractivity contribution is -0.155. The van der Waals surface area contributed by atoms with Gasteiger partial charge < -0.3 is 10.1 Å². The number of rotatable bonds is 7. The molecular formula is C21H25N3O4S. The molecule has 8 heteroatoms. The molecule has 2 N–H and O–H groups in total. The van der Waals surface area contributed by atoms with Crippen molar-refractivity contribution in [2.45, 2.75) is 51.0 Å². The number of amides is 2. The predicted octanol–water partition coefficient (Wildman–Crippen LogP) is 3.32. The maximum atomic E-state index is 12.6. The first-order valence-electron chi connectivity index (χ1n) is 9.81. The largest absolute Gasteiger partial charge is 0.464 e. The van der Waals surface area contributed by atoms with Crippen molar-refractivity contribution in [2.24, 2.45) is 0 Å². The monoisotopic (exact) mass is 415 g/mol. The van der Waals surface area contributed by atoms with Gasteiger partial charge in [-0.15, -0.1) is 11.3 Å². The summed E-state index contributed by atoms with van der Waals surface area (Å²) in [5, 5.41) is 7.81. The highest BCUT2D eigenvalue weighted by Gasteiger charge is 2.42. The Morgan fingerprint density at radius 1 is 1.14 bits per heavy atom. The van der Waals surface area contributed by atoms with Crippen molar-refractivity contribution in [3.63, 3.8) is 0 Å². The minimum atomic E-state index is -0.939. The Bertz CT molecular complexity index is 860. The third kappa shape index (κ3) is 5.41. The Morgan fingerprint density at radius 3 is 2.55 bits per heavy atom. The van der Waals surface area contributed by atoms with Gasteiger partial charge in [0.15, 0.2) is 5.13 Å². The fraction of sp³-hybridized carbons (Fsp3) is 0.429. The molecule has 0 bridgehead atoms. The number of nitrogens with one attached hydrogen (secondary N) is 2. The third-order valence-corrected chi connectivity index (χ3v) is 5.71. The van der Waals surface area contributed by atoms with E-state index in [1.165, 1.54) is 11.3 Å². The van der Waals surface area contributed by atoms with Crippen molar-refractivity contribution in [1.29, 1.82) is 0 Å². The van der Waals surface area contributed by atoms with E-state index >= 15 is 0 Å². The number of carbonyl (C=O) groups excluding carboxylic acids is 3. The topological polar surface area (TPSA) is 97.4 Å². The van der Waals surface area contributed by atoms with Crippen LogP contribution < -0.4 is 10.6 Å². The molecular weight excluding hydrogens is 390 g/mol. The number of thiazole rings is 1. The van der Waals surface area contributed by atoms with Crippen molar-refractivity contribution in [3.8, 4) is 0 Å². The van der Waals surface area contributed by atoms with Crippen LogP contribution in [0.1, 0.15) is 55.1 Å². The SMILES string of the molecule is CCOC(=O)C1(NC(=O)Cc2csc(NC(=O)c3ccccc3)n2)CCCCC1. The Hall–Kier alpha value is -2.74. The van der Waals surface area contributed by atoms with Gasteiger partial charge in [0.25, 0.3) is 5.91 Å². The molecule has 1 aliphatic carbocycles. The fourth-order valence-electron chi connectivity index (χ4n) is 3.48. The van der Waals surface area contributed by atoms with Crippen LogP contribution >= 0.6 is 11.3 Å². The van der Waals surface area contributed by atoms with Gasteiger partial charge in [-0.25, -0.2) is 9.78 Å². The molecule has 1 aliphatic rings.